The minimum atomic E-state index is -0.363. The van der Waals surface area contributed by atoms with E-state index in [9.17, 15) is 19.2 Å². The summed E-state index contributed by atoms with van der Waals surface area (Å²) in [4.78, 5) is 33.1. The number of nitrogens with zero attached hydrogens (tertiary/aromatic N) is 5. The van der Waals surface area contributed by atoms with Crippen molar-refractivity contribution in [3.05, 3.63) is 91.9 Å². The van der Waals surface area contributed by atoms with Gasteiger partial charge in [0.2, 0.25) is 0 Å². The third-order valence-corrected chi connectivity index (χ3v) is 9.24. The number of aromatic nitrogens is 1. The number of halogens is 1. The maximum absolute atomic E-state index is 14.5. The summed E-state index contributed by atoms with van der Waals surface area (Å²) in [5.74, 6) is 0.944. The van der Waals surface area contributed by atoms with Crippen LogP contribution in [-0.4, -0.2) is 59.5 Å². The van der Waals surface area contributed by atoms with Crippen LogP contribution in [0.2, 0.25) is 0 Å². The van der Waals surface area contributed by atoms with Crippen molar-refractivity contribution in [2.24, 2.45) is 0 Å². The van der Waals surface area contributed by atoms with Crippen molar-refractivity contribution in [2.75, 3.05) is 49.6 Å². The van der Waals surface area contributed by atoms with Crippen molar-refractivity contribution < 1.29 is 13.9 Å². The Hall–Kier alpha value is -4.14. The molecule has 3 heterocycles. The molecule has 0 unspecified atom stereocenters. The van der Waals surface area contributed by atoms with Crippen molar-refractivity contribution in [1.82, 2.24) is 9.47 Å². The molecule has 8 nitrogen and oxygen atoms in total. The first-order chi connectivity index (χ1) is 20.8. The Morgan fingerprint density at radius 1 is 1.07 bits per heavy atom. The summed E-state index contributed by atoms with van der Waals surface area (Å²) < 4.78 is 21.8. The van der Waals surface area contributed by atoms with Crippen LogP contribution in [0.5, 0.6) is 5.75 Å². The van der Waals surface area contributed by atoms with Gasteiger partial charge < -0.3 is 14.5 Å². The molecule has 2 saturated heterocycles. The summed E-state index contributed by atoms with van der Waals surface area (Å²) in [7, 11) is 1.62. The number of pyridine rings is 1. The second-order valence-electron chi connectivity index (χ2n) is 10.3. The standard InChI is InChI=1S/C32H32FN5O3S2/c1-4-37-29(36-17-15-35(16-18-36)27-8-6-5-7-26(27)33)24(21(2)25(20-34)30(37)39)19-28-31(40)38(32(42)43-28)14-13-22-9-11-23(41-3)12-10-22/h5-12,19H,4,13-18H2,1-3H3/b28-19+. The van der Waals surface area contributed by atoms with Gasteiger partial charge in [0.15, 0.2) is 0 Å². The highest BCUT2D eigenvalue weighted by Crippen LogP contribution is 2.36. The SMILES string of the molecule is CCn1c(N2CCN(c3ccccc3F)CC2)c(/C=C2/SC(=S)N(CCc3ccc(OC)cc3)C2=O)c(C)c(C#N)c1=O. The molecule has 2 aliphatic heterocycles. The molecule has 0 aliphatic carbocycles. The van der Waals surface area contributed by atoms with Crippen LogP contribution in [0.15, 0.2) is 58.2 Å². The minimum Gasteiger partial charge on any atom is -0.497 e. The van der Waals surface area contributed by atoms with Gasteiger partial charge in [-0.25, -0.2) is 4.39 Å². The smallest absolute Gasteiger partial charge is 0.270 e. The van der Waals surface area contributed by atoms with E-state index < -0.39 is 0 Å². The number of ether oxygens (including phenoxy) is 1. The largest absolute Gasteiger partial charge is 0.497 e. The Kier molecular flexibility index (Phi) is 9.18. The van der Waals surface area contributed by atoms with Crippen molar-refractivity contribution in [1.29, 1.82) is 5.26 Å². The van der Waals surface area contributed by atoms with Crippen LogP contribution in [0.4, 0.5) is 15.9 Å². The molecular weight excluding hydrogens is 586 g/mol. The van der Waals surface area contributed by atoms with E-state index in [-0.39, 0.29) is 22.8 Å². The monoisotopic (exact) mass is 617 g/mol. The molecule has 0 N–H and O–H groups in total. The molecule has 2 aromatic carbocycles. The van der Waals surface area contributed by atoms with Crippen LogP contribution >= 0.6 is 24.0 Å². The van der Waals surface area contributed by atoms with E-state index in [0.29, 0.717) is 77.5 Å². The first kappa shape index (κ1) is 30.3. The van der Waals surface area contributed by atoms with Gasteiger partial charge in [0.25, 0.3) is 11.5 Å². The van der Waals surface area contributed by atoms with Gasteiger partial charge in [-0.15, -0.1) is 0 Å². The molecule has 43 heavy (non-hydrogen) atoms. The van der Waals surface area contributed by atoms with Crippen molar-refractivity contribution >= 4 is 51.8 Å². The molecule has 222 valence electrons. The first-order valence-corrected chi connectivity index (χ1v) is 15.3. The van der Waals surface area contributed by atoms with Crippen LogP contribution in [-0.2, 0) is 17.8 Å². The van der Waals surface area contributed by atoms with E-state index in [0.717, 1.165) is 11.3 Å². The van der Waals surface area contributed by atoms with Gasteiger partial charge in [0, 0.05) is 44.8 Å². The average molecular weight is 618 g/mol. The van der Waals surface area contributed by atoms with E-state index in [1.807, 2.05) is 42.2 Å². The van der Waals surface area contributed by atoms with Crippen LogP contribution in [0, 0.1) is 24.1 Å². The normalized spacial score (nSPS) is 16.3. The number of anilines is 2. The van der Waals surface area contributed by atoms with Gasteiger partial charge in [0.05, 0.1) is 17.7 Å². The predicted octanol–water partition coefficient (Wildman–Crippen LogP) is 4.97. The Bertz CT molecular complexity index is 1690. The average Bonchev–Trinajstić information content (AvgIpc) is 3.29. The maximum atomic E-state index is 14.5. The van der Waals surface area contributed by atoms with Crippen molar-refractivity contribution in [2.45, 2.75) is 26.8 Å². The van der Waals surface area contributed by atoms with E-state index in [4.69, 9.17) is 17.0 Å². The highest BCUT2D eigenvalue weighted by Gasteiger charge is 2.33. The quantitative estimate of drug-likeness (QED) is 0.259. The minimum absolute atomic E-state index is 0.0526. The summed E-state index contributed by atoms with van der Waals surface area (Å²) in [6, 6.07) is 16.5. The number of piperazine rings is 1. The summed E-state index contributed by atoms with van der Waals surface area (Å²) in [5, 5.41) is 9.89. The number of methoxy groups -OCH3 is 1. The molecule has 2 aliphatic rings. The summed E-state index contributed by atoms with van der Waals surface area (Å²) >= 11 is 6.82. The number of carbonyl (C=O) groups is 1. The van der Waals surface area contributed by atoms with Gasteiger partial charge in [-0.1, -0.05) is 48.2 Å². The molecule has 0 atom stereocenters. The number of nitriles is 1. The number of carbonyl (C=O) groups excluding carboxylic acids is 1. The molecule has 0 saturated carbocycles. The zero-order chi connectivity index (χ0) is 30.7. The maximum Gasteiger partial charge on any atom is 0.270 e. The van der Waals surface area contributed by atoms with Crippen LogP contribution in [0.1, 0.15) is 29.2 Å². The molecule has 0 radical (unpaired) electrons. The molecular formula is C32H32FN5O3S2. The second-order valence-corrected chi connectivity index (χ2v) is 11.9. The van der Waals surface area contributed by atoms with E-state index >= 15 is 0 Å². The lowest BCUT2D eigenvalue weighted by Crippen LogP contribution is -2.49. The fourth-order valence-electron chi connectivity index (χ4n) is 5.50. The number of thioether (sulfide) groups is 1. The van der Waals surface area contributed by atoms with Crippen LogP contribution in [0.3, 0.4) is 0 Å². The van der Waals surface area contributed by atoms with Crippen molar-refractivity contribution in [3.63, 3.8) is 0 Å². The topological polar surface area (TPSA) is 81.8 Å². The fourth-order valence-corrected chi connectivity index (χ4v) is 6.79. The van der Waals surface area contributed by atoms with Gasteiger partial charge in [-0.3, -0.25) is 19.1 Å². The number of hydrogen-bond donors (Lipinski definition) is 0. The number of thiocarbonyl (C=S) groups is 1. The number of benzene rings is 2. The third kappa shape index (κ3) is 6.03. The molecule has 3 aromatic rings. The highest BCUT2D eigenvalue weighted by molar-refractivity contribution is 8.26. The summed E-state index contributed by atoms with van der Waals surface area (Å²) in [5.41, 5.74) is 2.46. The zero-order valence-corrected chi connectivity index (χ0v) is 25.9. The van der Waals surface area contributed by atoms with Gasteiger partial charge in [-0.2, -0.15) is 5.26 Å². The van der Waals surface area contributed by atoms with Crippen LogP contribution < -0.4 is 20.1 Å². The zero-order valence-electron chi connectivity index (χ0n) is 24.3. The van der Waals surface area contributed by atoms with Gasteiger partial charge in [-0.05, 0) is 61.7 Å². The van der Waals surface area contributed by atoms with Crippen molar-refractivity contribution in [3.8, 4) is 11.8 Å². The summed E-state index contributed by atoms with van der Waals surface area (Å²) in [6.07, 6.45) is 2.40. The third-order valence-electron chi connectivity index (χ3n) is 7.87. The second kappa shape index (κ2) is 13.0. The van der Waals surface area contributed by atoms with E-state index in [1.54, 1.807) is 41.7 Å². The Labute approximate surface area is 260 Å². The van der Waals surface area contributed by atoms with Gasteiger partial charge >= 0.3 is 0 Å². The van der Waals surface area contributed by atoms with E-state index in [1.165, 1.54) is 17.8 Å². The number of hydrogen-bond acceptors (Lipinski definition) is 8. The number of para-hydroxylation sites is 1. The fraction of sp³-hybridized carbons (Fsp3) is 0.312. The molecule has 0 spiro atoms. The summed E-state index contributed by atoms with van der Waals surface area (Å²) in [6.45, 7) is 6.53. The molecule has 11 heteroatoms. The Morgan fingerprint density at radius 3 is 2.37 bits per heavy atom. The lowest BCUT2D eigenvalue weighted by Gasteiger charge is -2.39. The molecule has 0 bridgehead atoms. The van der Waals surface area contributed by atoms with Crippen LogP contribution in [0.25, 0.3) is 6.08 Å². The predicted molar refractivity (Wildman–Crippen MR) is 173 cm³/mol. The Morgan fingerprint density at radius 2 is 1.74 bits per heavy atom. The highest BCUT2D eigenvalue weighted by atomic mass is 32.2. The Balaban J connectivity index is 1.46. The first-order valence-electron chi connectivity index (χ1n) is 14.1. The lowest BCUT2D eigenvalue weighted by molar-refractivity contribution is -0.122. The van der Waals surface area contributed by atoms with Gasteiger partial charge in [0.1, 0.15) is 33.3 Å². The number of rotatable bonds is 8. The molecule has 2 fully saturated rings. The molecule has 1 aromatic heterocycles. The molecule has 5 rings (SSSR count). The number of amides is 1. The lowest BCUT2D eigenvalue weighted by atomic mass is 10.0. The molecule has 1 amide bonds. The van der Waals surface area contributed by atoms with E-state index in [2.05, 4.69) is 11.0 Å².